The van der Waals surface area contributed by atoms with Crippen molar-refractivity contribution in [1.82, 2.24) is 0 Å². The van der Waals surface area contributed by atoms with E-state index in [1.807, 2.05) is 25.1 Å². The van der Waals surface area contributed by atoms with Crippen LogP contribution in [0.1, 0.15) is 17.5 Å². The van der Waals surface area contributed by atoms with Crippen molar-refractivity contribution in [1.29, 1.82) is 5.26 Å². The lowest BCUT2D eigenvalue weighted by Gasteiger charge is -2.08. The summed E-state index contributed by atoms with van der Waals surface area (Å²) in [6, 6.07) is 7.73. The Morgan fingerprint density at radius 3 is 2.72 bits per heavy atom. The van der Waals surface area contributed by atoms with Crippen LogP contribution in [0.25, 0.3) is 0 Å². The molecule has 0 saturated carbocycles. The molecule has 4 nitrogen and oxygen atoms in total. The Hall–Kier alpha value is -1.57. The average molecular weight is 249 g/mol. The second-order valence-corrected chi connectivity index (χ2v) is 3.92. The summed E-state index contributed by atoms with van der Waals surface area (Å²) in [5, 5.41) is 8.97. The van der Waals surface area contributed by atoms with E-state index >= 15 is 0 Å². The van der Waals surface area contributed by atoms with E-state index in [0.29, 0.717) is 37.7 Å². The number of aryl methyl sites for hydroxylation is 1. The van der Waals surface area contributed by atoms with Crippen LogP contribution in [0.5, 0.6) is 5.75 Å². The van der Waals surface area contributed by atoms with Gasteiger partial charge in [0.25, 0.3) is 0 Å². The molecule has 0 radical (unpaired) electrons. The van der Waals surface area contributed by atoms with Crippen LogP contribution in [0, 0.1) is 18.3 Å². The molecule has 0 amide bonds. The quantitative estimate of drug-likeness (QED) is 0.663. The van der Waals surface area contributed by atoms with Gasteiger partial charge in [0, 0.05) is 20.1 Å². The van der Waals surface area contributed by atoms with E-state index in [-0.39, 0.29) is 0 Å². The molecule has 98 valence electrons. The number of methoxy groups -OCH3 is 1. The van der Waals surface area contributed by atoms with Crippen molar-refractivity contribution in [3.05, 3.63) is 29.3 Å². The second-order valence-electron chi connectivity index (χ2n) is 3.92. The Morgan fingerprint density at radius 1 is 1.17 bits per heavy atom. The van der Waals surface area contributed by atoms with E-state index in [9.17, 15) is 0 Å². The highest BCUT2D eigenvalue weighted by Gasteiger charge is 2.02. The molecule has 0 fully saturated rings. The molecule has 0 atom stereocenters. The van der Waals surface area contributed by atoms with E-state index in [0.717, 1.165) is 12.0 Å². The first kappa shape index (κ1) is 14.5. The van der Waals surface area contributed by atoms with Gasteiger partial charge in [-0.15, -0.1) is 0 Å². The molecule has 0 N–H and O–H groups in total. The maximum absolute atomic E-state index is 8.97. The fourth-order valence-corrected chi connectivity index (χ4v) is 1.44. The Bertz CT molecular complexity index is 399. The third-order valence-electron chi connectivity index (χ3n) is 2.38. The van der Waals surface area contributed by atoms with Crippen LogP contribution in [-0.4, -0.2) is 33.5 Å². The van der Waals surface area contributed by atoms with Gasteiger partial charge in [-0.05, 0) is 24.6 Å². The van der Waals surface area contributed by atoms with Crippen molar-refractivity contribution >= 4 is 0 Å². The van der Waals surface area contributed by atoms with E-state index in [1.54, 1.807) is 7.11 Å². The van der Waals surface area contributed by atoms with E-state index < -0.39 is 0 Å². The van der Waals surface area contributed by atoms with Gasteiger partial charge in [-0.3, -0.25) is 0 Å². The third kappa shape index (κ3) is 5.17. The number of nitriles is 1. The number of hydrogen-bond donors (Lipinski definition) is 0. The number of ether oxygens (including phenoxy) is 3. The fraction of sp³-hybridized carbons (Fsp3) is 0.500. The first-order valence-electron chi connectivity index (χ1n) is 5.98. The minimum atomic E-state index is 0.546. The first-order chi connectivity index (χ1) is 8.77. The smallest absolute Gasteiger partial charge is 0.137 e. The Morgan fingerprint density at radius 2 is 2.00 bits per heavy atom. The molecule has 0 aliphatic rings. The molecule has 1 aromatic rings. The summed E-state index contributed by atoms with van der Waals surface area (Å²) in [6.07, 6.45) is 0.794. The molecule has 0 aliphatic heterocycles. The first-order valence-corrected chi connectivity index (χ1v) is 5.98. The lowest BCUT2D eigenvalue weighted by molar-refractivity contribution is 0.0644. The van der Waals surface area contributed by atoms with Crippen LogP contribution in [0.3, 0.4) is 0 Å². The Kier molecular flexibility index (Phi) is 6.85. The molecule has 4 heteroatoms. The SMILES string of the molecule is COCCOCCCOc1ccc(C)cc1C#N. The maximum Gasteiger partial charge on any atom is 0.137 e. The van der Waals surface area contributed by atoms with Crippen molar-refractivity contribution in [2.75, 3.05) is 33.5 Å². The molecule has 0 saturated heterocycles. The molecule has 0 heterocycles. The monoisotopic (exact) mass is 249 g/mol. The standard InChI is InChI=1S/C14H19NO3/c1-12-4-5-14(13(10-12)11-15)18-7-3-6-17-9-8-16-2/h4-5,10H,3,6-9H2,1-2H3. The third-order valence-corrected chi connectivity index (χ3v) is 2.38. The van der Waals surface area contributed by atoms with Crippen molar-refractivity contribution < 1.29 is 14.2 Å². The van der Waals surface area contributed by atoms with Gasteiger partial charge in [0.15, 0.2) is 0 Å². The van der Waals surface area contributed by atoms with Crippen molar-refractivity contribution in [3.8, 4) is 11.8 Å². The second kappa shape index (κ2) is 8.51. The highest BCUT2D eigenvalue weighted by atomic mass is 16.5. The van der Waals surface area contributed by atoms with Gasteiger partial charge < -0.3 is 14.2 Å². The minimum Gasteiger partial charge on any atom is -0.492 e. The van der Waals surface area contributed by atoms with Gasteiger partial charge >= 0.3 is 0 Å². The molecule has 0 unspecified atom stereocenters. The number of benzene rings is 1. The summed E-state index contributed by atoms with van der Waals surface area (Å²) >= 11 is 0. The van der Waals surface area contributed by atoms with Gasteiger partial charge in [0.05, 0.1) is 25.4 Å². The van der Waals surface area contributed by atoms with Crippen molar-refractivity contribution in [3.63, 3.8) is 0 Å². The summed E-state index contributed by atoms with van der Waals surface area (Å²) in [6.45, 7) is 4.35. The van der Waals surface area contributed by atoms with Crippen LogP contribution in [-0.2, 0) is 9.47 Å². The lowest BCUT2D eigenvalue weighted by Crippen LogP contribution is -2.07. The predicted octanol–water partition coefficient (Wildman–Crippen LogP) is 2.30. The summed E-state index contributed by atoms with van der Waals surface area (Å²) in [7, 11) is 1.65. The van der Waals surface area contributed by atoms with Crippen LogP contribution in [0.15, 0.2) is 18.2 Å². The zero-order chi connectivity index (χ0) is 13.2. The van der Waals surface area contributed by atoms with Gasteiger partial charge in [-0.25, -0.2) is 0 Å². The molecule has 1 rings (SSSR count). The topological polar surface area (TPSA) is 51.5 Å². The molecular formula is C14H19NO3. The Balaban J connectivity index is 2.25. The fourth-order valence-electron chi connectivity index (χ4n) is 1.44. The van der Waals surface area contributed by atoms with Gasteiger partial charge in [-0.1, -0.05) is 6.07 Å². The Labute approximate surface area is 108 Å². The van der Waals surface area contributed by atoms with Crippen molar-refractivity contribution in [2.45, 2.75) is 13.3 Å². The largest absolute Gasteiger partial charge is 0.492 e. The lowest BCUT2D eigenvalue weighted by atomic mass is 10.1. The zero-order valence-electron chi connectivity index (χ0n) is 10.9. The summed E-state index contributed by atoms with van der Waals surface area (Å²) < 4.78 is 15.7. The minimum absolute atomic E-state index is 0.546. The molecular weight excluding hydrogens is 230 g/mol. The molecule has 0 aliphatic carbocycles. The van der Waals surface area contributed by atoms with Crippen molar-refractivity contribution in [2.24, 2.45) is 0 Å². The molecule has 18 heavy (non-hydrogen) atoms. The predicted molar refractivity (Wildman–Crippen MR) is 68.7 cm³/mol. The van der Waals surface area contributed by atoms with Gasteiger partial charge in [-0.2, -0.15) is 5.26 Å². The van der Waals surface area contributed by atoms with E-state index in [4.69, 9.17) is 19.5 Å². The number of nitrogens with zero attached hydrogens (tertiary/aromatic N) is 1. The van der Waals surface area contributed by atoms with E-state index in [1.165, 1.54) is 0 Å². The summed E-state index contributed by atoms with van der Waals surface area (Å²) in [5.41, 5.74) is 1.64. The van der Waals surface area contributed by atoms with E-state index in [2.05, 4.69) is 6.07 Å². The number of rotatable bonds is 8. The molecule has 0 bridgehead atoms. The normalized spacial score (nSPS) is 10.1. The summed E-state index contributed by atoms with van der Waals surface area (Å²) in [4.78, 5) is 0. The van der Waals surface area contributed by atoms with Gasteiger partial charge in [0.2, 0.25) is 0 Å². The van der Waals surface area contributed by atoms with Crippen LogP contribution in [0.4, 0.5) is 0 Å². The van der Waals surface area contributed by atoms with Gasteiger partial charge in [0.1, 0.15) is 11.8 Å². The van der Waals surface area contributed by atoms with Crippen LogP contribution < -0.4 is 4.74 Å². The average Bonchev–Trinajstić information content (AvgIpc) is 2.39. The maximum atomic E-state index is 8.97. The highest BCUT2D eigenvalue weighted by Crippen LogP contribution is 2.18. The van der Waals surface area contributed by atoms with Crippen LogP contribution >= 0.6 is 0 Å². The number of hydrogen-bond acceptors (Lipinski definition) is 4. The highest BCUT2D eigenvalue weighted by molar-refractivity contribution is 5.45. The molecule has 0 spiro atoms. The van der Waals surface area contributed by atoms with Crippen LogP contribution in [0.2, 0.25) is 0 Å². The molecule has 1 aromatic carbocycles. The molecule has 0 aromatic heterocycles. The zero-order valence-corrected chi connectivity index (χ0v) is 10.9. The summed E-state index contributed by atoms with van der Waals surface area (Å²) in [5.74, 6) is 0.639.